The quantitative estimate of drug-likeness (QED) is 0.848. The first kappa shape index (κ1) is 13.0. The van der Waals surface area contributed by atoms with Crippen molar-refractivity contribution in [3.05, 3.63) is 44.3 Å². The topological polar surface area (TPSA) is 62.0 Å². The number of Topliss-reactive ketones (excluding diaryl/α,β-unsaturated/α-hetero) is 1. The molecule has 0 saturated carbocycles. The lowest BCUT2D eigenvalue weighted by molar-refractivity contribution is 0.0946. The third-order valence-electron chi connectivity index (χ3n) is 2.39. The van der Waals surface area contributed by atoms with Crippen molar-refractivity contribution in [1.29, 1.82) is 0 Å². The minimum absolute atomic E-state index is 0.0625. The van der Waals surface area contributed by atoms with Crippen molar-refractivity contribution >= 4 is 39.0 Å². The Morgan fingerprint density at radius 2 is 2.22 bits per heavy atom. The Morgan fingerprint density at radius 3 is 2.78 bits per heavy atom. The van der Waals surface area contributed by atoms with Crippen LogP contribution in [0.4, 0.5) is 0 Å². The number of hydrogen-bond donors (Lipinski definition) is 2. The van der Waals surface area contributed by atoms with Crippen LogP contribution < -0.4 is 5.32 Å². The second kappa shape index (κ2) is 5.49. The van der Waals surface area contributed by atoms with E-state index in [2.05, 4.69) is 26.2 Å². The molecule has 0 aliphatic heterocycles. The zero-order valence-electron chi connectivity index (χ0n) is 9.62. The van der Waals surface area contributed by atoms with Gasteiger partial charge in [0, 0.05) is 16.6 Å². The van der Waals surface area contributed by atoms with E-state index in [9.17, 15) is 9.59 Å². The molecular weight excluding hydrogens is 316 g/mol. The van der Waals surface area contributed by atoms with Crippen LogP contribution in [0.2, 0.25) is 0 Å². The highest BCUT2D eigenvalue weighted by Gasteiger charge is 2.10. The van der Waals surface area contributed by atoms with E-state index in [4.69, 9.17) is 0 Å². The van der Waals surface area contributed by atoms with Crippen LogP contribution in [-0.2, 0) is 6.54 Å². The van der Waals surface area contributed by atoms with Crippen LogP contribution in [0.5, 0.6) is 0 Å². The molecule has 0 saturated heterocycles. The average molecular weight is 327 g/mol. The number of nitrogens with one attached hydrogen (secondary N) is 2. The summed E-state index contributed by atoms with van der Waals surface area (Å²) in [5, 5.41) is 2.79. The number of aromatic amines is 1. The molecule has 0 spiro atoms. The van der Waals surface area contributed by atoms with Crippen LogP contribution in [0.1, 0.15) is 32.6 Å². The fraction of sp³-hybridized carbons (Fsp3) is 0.167. The minimum atomic E-state index is -0.216. The lowest BCUT2D eigenvalue weighted by atomic mass is 10.2. The van der Waals surface area contributed by atoms with Gasteiger partial charge in [-0.2, -0.15) is 0 Å². The molecule has 4 nitrogen and oxygen atoms in total. The molecule has 2 aromatic heterocycles. The summed E-state index contributed by atoms with van der Waals surface area (Å²) in [4.78, 5) is 26.8. The third-order valence-corrected chi connectivity index (χ3v) is 4.01. The molecule has 1 amide bonds. The molecule has 0 radical (unpaired) electrons. The van der Waals surface area contributed by atoms with Gasteiger partial charge in [0.2, 0.25) is 0 Å². The number of carbonyl (C=O) groups is 2. The van der Waals surface area contributed by atoms with Gasteiger partial charge in [0.15, 0.2) is 5.78 Å². The molecule has 0 atom stereocenters. The number of halogens is 1. The van der Waals surface area contributed by atoms with Crippen LogP contribution in [-0.4, -0.2) is 16.7 Å². The van der Waals surface area contributed by atoms with Crippen LogP contribution in [0.25, 0.3) is 0 Å². The first-order chi connectivity index (χ1) is 8.56. The van der Waals surface area contributed by atoms with E-state index in [-0.39, 0.29) is 11.7 Å². The van der Waals surface area contributed by atoms with Gasteiger partial charge in [0.25, 0.3) is 5.91 Å². The van der Waals surface area contributed by atoms with E-state index in [1.807, 2.05) is 12.1 Å². The van der Waals surface area contributed by atoms with Gasteiger partial charge in [0.1, 0.15) is 5.69 Å². The first-order valence-electron chi connectivity index (χ1n) is 5.28. The van der Waals surface area contributed by atoms with Crippen LogP contribution in [0.3, 0.4) is 0 Å². The molecule has 94 valence electrons. The molecule has 0 aliphatic rings. The lowest BCUT2D eigenvalue weighted by Crippen LogP contribution is -2.22. The number of aromatic nitrogens is 1. The fourth-order valence-electron chi connectivity index (χ4n) is 1.44. The Morgan fingerprint density at radius 1 is 1.44 bits per heavy atom. The maximum atomic E-state index is 11.8. The highest BCUT2D eigenvalue weighted by molar-refractivity contribution is 9.11. The monoisotopic (exact) mass is 326 g/mol. The number of amides is 1. The van der Waals surface area contributed by atoms with Gasteiger partial charge in [-0.1, -0.05) is 0 Å². The van der Waals surface area contributed by atoms with E-state index in [0.29, 0.717) is 17.8 Å². The van der Waals surface area contributed by atoms with Crippen LogP contribution >= 0.6 is 27.3 Å². The smallest absolute Gasteiger partial charge is 0.268 e. The minimum Gasteiger partial charge on any atom is -0.356 e. The SMILES string of the molecule is CC(=O)c1c[nH]c(C(=O)NCc2ccc(Br)s2)c1. The highest BCUT2D eigenvalue weighted by atomic mass is 79.9. The molecule has 2 heterocycles. The van der Waals surface area contributed by atoms with Crippen molar-refractivity contribution in [2.75, 3.05) is 0 Å². The van der Waals surface area contributed by atoms with Gasteiger partial charge in [-0.3, -0.25) is 9.59 Å². The second-order valence-corrected chi connectivity index (χ2v) is 6.29. The number of hydrogen-bond acceptors (Lipinski definition) is 3. The maximum absolute atomic E-state index is 11.8. The van der Waals surface area contributed by atoms with E-state index in [1.54, 1.807) is 23.6 Å². The molecule has 18 heavy (non-hydrogen) atoms. The standard InChI is InChI=1S/C12H11BrN2O2S/c1-7(16)8-4-10(14-5-8)12(17)15-6-9-2-3-11(13)18-9/h2-5,14H,6H2,1H3,(H,15,17). The van der Waals surface area contributed by atoms with Crippen molar-refractivity contribution < 1.29 is 9.59 Å². The highest BCUT2D eigenvalue weighted by Crippen LogP contribution is 2.21. The first-order valence-corrected chi connectivity index (χ1v) is 6.89. The maximum Gasteiger partial charge on any atom is 0.268 e. The predicted molar refractivity (Wildman–Crippen MR) is 74.0 cm³/mol. The van der Waals surface area contributed by atoms with E-state index >= 15 is 0 Å². The summed E-state index contributed by atoms with van der Waals surface area (Å²) < 4.78 is 1.03. The largest absolute Gasteiger partial charge is 0.356 e. The normalized spacial score (nSPS) is 10.3. The zero-order valence-corrected chi connectivity index (χ0v) is 12.0. The van der Waals surface area contributed by atoms with Crippen LogP contribution in [0.15, 0.2) is 28.2 Å². The predicted octanol–water partition coefficient (Wildman–Crippen LogP) is 2.97. The summed E-state index contributed by atoms with van der Waals surface area (Å²) in [6.45, 7) is 1.94. The van der Waals surface area contributed by atoms with Gasteiger partial charge in [-0.15, -0.1) is 11.3 Å². The van der Waals surface area contributed by atoms with Crippen molar-refractivity contribution in [2.45, 2.75) is 13.5 Å². The number of H-pyrrole nitrogens is 1. The number of rotatable bonds is 4. The van der Waals surface area contributed by atoms with Crippen LogP contribution in [0, 0.1) is 0 Å². The summed E-state index contributed by atoms with van der Waals surface area (Å²) in [5.41, 5.74) is 0.912. The molecule has 2 N–H and O–H groups in total. The molecule has 6 heteroatoms. The van der Waals surface area contributed by atoms with E-state index in [0.717, 1.165) is 8.66 Å². The molecule has 0 fully saturated rings. The zero-order chi connectivity index (χ0) is 13.1. The second-order valence-electron chi connectivity index (χ2n) is 3.75. The van der Waals surface area contributed by atoms with Gasteiger partial charge >= 0.3 is 0 Å². The van der Waals surface area contributed by atoms with Crippen molar-refractivity contribution in [3.8, 4) is 0 Å². The van der Waals surface area contributed by atoms with Gasteiger partial charge in [-0.25, -0.2) is 0 Å². The molecule has 0 bridgehead atoms. The fourth-order valence-corrected chi connectivity index (χ4v) is 2.86. The summed E-state index contributed by atoms with van der Waals surface area (Å²) in [6, 6.07) is 5.45. The Labute approximate surface area is 117 Å². The Bertz CT molecular complexity index is 588. The van der Waals surface area contributed by atoms with E-state index < -0.39 is 0 Å². The Kier molecular flexibility index (Phi) is 3.98. The molecule has 0 unspecified atom stereocenters. The molecule has 0 aromatic carbocycles. The summed E-state index contributed by atoms with van der Waals surface area (Å²) in [7, 11) is 0. The number of ketones is 1. The van der Waals surface area contributed by atoms with Crippen molar-refractivity contribution in [2.24, 2.45) is 0 Å². The van der Waals surface area contributed by atoms with Gasteiger partial charge in [-0.05, 0) is 41.1 Å². The van der Waals surface area contributed by atoms with E-state index in [1.165, 1.54) is 6.92 Å². The Balaban J connectivity index is 1.97. The molecule has 2 rings (SSSR count). The van der Waals surface area contributed by atoms with Crippen molar-refractivity contribution in [1.82, 2.24) is 10.3 Å². The van der Waals surface area contributed by atoms with Gasteiger partial charge in [0.05, 0.1) is 10.3 Å². The van der Waals surface area contributed by atoms with Crippen molar-refractivity contribution in [3.63, 3.8) is 0 Å². The molecule has 2 aromatic rings. The number of carbonyl (C=O) groups excluding carboxylic acids is 2. The molecule has 0 aliphatic carbocycles. The summed E-state index contributed by atoms with van der Waals surface area (Å²) in [6.07, 6.45) is 1.54. The number of thiophene rings is 1. The summed E-state index contributed by atoms with van der Waals surface area (Å²) >= 11 is 4.94. The molecular formula is C12H11BrN2O2S. The Hall–Kier alpha value is -1.40. The van der Waals surface area contributed by atoms with Gasteiger partial charge < -0.3 is 10.3 Å². The lowest BCUT2D eigenvalue weighted by Gasteiger charge is -2.00. The third kappa shape index (κ3) is 3.08. The summed E-state index contributed by atoms with van der Waals surface area (Å²) in [5.74, 6) is -0.278. The average Bonchev–Trinajstić information content (AvgIpc) is 2.94.